The third-order valence-electron chi connectivity index (χ3n) is 4.33. The molecule has 0 aliphatic carbocycles. The van der Waals surface area contributed by atoms with Crippen LogP contribution in [0.15, 0.2) is 18.2 Å². The quantitative estimate of drug-likeness (QED) is 0.867. The Hall–Kier alpha value is -1.84. The molecule has 120 valence electrons. The van der Waals surface area contributed by atoms with E-state index in [0.717, 1.165) is 30.4 Å². The standard InChI is InChI=1S/C18H26N2O2/c1-4-9-19-18(22)20-10-7-15(8-11-20)17(21)16-6-5-13(2)12-14(16)3/h5-6,12,15H,4,7-11H2,1-3H3,(H,19,22). The molecule has 4 nitrogen and oxygen atoms in total. The van der Waals surface area contributed by atoms with Crippen molar-refractivity contribution in [3.8, 4) is 0 Å². The number of nitrogens with one attached hydrogen (secondary N) is 1. The van der Waals surface area contributed by atoms with E-state index in [-0.39, 0.29) is 17.7 Å². The zero-order valence-electron chi connectivity index (χ0n) is 13.8. The summed E-state index contributed by atoms with van der Waals surface area (Å²) in [6.45, 7) is 8.10. The highest BCUT2D eigenvalue weighted by molar-refractivity contribution is 5.99. The van der Waals surface area contributed by atoms with Gasteiger partial charge in [-0.15, -0.1) is 0 Å². The Morgan fingerprint density at radius 2 is 1.91 bits per heavy atom. The zero-order chi connectivity index (χ0) is 16.1. The third-order valence-corrected chi connectivity index (χ3v) is 4.33. The summed E-state index contributed by atoms with van der Waals surface area (Å²) in [4.78, 5) is 26.4. The zero-order valence-corrected chi connectivity index (χ0v) is 13.8. The molecule has 0 unspecified atom stereocenters. The molecule has 1 heterocycles. The minimum absolute atomic E-state index is 0.000680. The molecule has 1 aromatic carbocycles. The third kappa shape index (κ3) is 3.87. The highest BCUT2D eigenvalue weighted by atomic mass is 16.2. The van der Waals surface area contributed by atoms with Crippen LogP contribution in [0, 0.1) is 19.8 Å². The van der Waals surface area contributed by atoms with E-state index >= 15 is 0 Å². The molecule has 0 saturated carbocycles. The van der Waals surface area contributed by atoms with Gasteiger partial charge in [0.2, 0.25) is 0 Å². The van der Waals surface area contributed by atoms with E-state index in [1.54, 1.807) is 0 Å². The van der Waals surface area contributed by atoms with Crippen molar-refractivity contribution in [2.75, 3.05) is 19.6 Å². The van der Waals surface area contributed by atoms with Crippen LogP contribution in [0.5, 0.6) is 0 Å². The molecule has 4 heteroatoms. The fourth-order valence-corrected chi connectivity index (χ4v) is 3.00. The highest BCUT2D eigenvalue weighted by Gasteiger charge is 2.28. The number of urea groups is 1. The predicted molar refractivity (Wildman–Crippen MR) is 88.2 cm³/mol. The average molecular weight is 302 g/mol. The maximum absolute atomic E-state index is 12.7. The molecule has 22 heavy (non-hydrogen) atoms. The van der Waals surface area contributed by atoms with Gasteiger partial charge in [0, 0.05) is 31.1 Å². The van der Waals surface area contributed by atoms with Gasteiger partial charge in [-0.3, -0.25) is 4.79 Å². The summed E-state index contributed by atoms with van der Waals surface area (Å²) < 4.78 is 0. The Balaban J connectivity index is 1.93. The lowest BCUT2D eigenvalue weighted by Crippen LogP contribution is -2.45. The van der Waals surface area contributed by atoms with Crippen molar-refractivity contribution in [1.82, 2.24) is 10.2 Å². The summed E-state index contributed by atoms with van der Waals surface area (Å²) in [6.07, 6.45) is 2.45. The lowest BCUT2D eigenvalue weighted by Gasteiger charge is -2.31. The minimum atomic E-state index is -0.000680. The van der Waals surface area contributed by atoms with Crippen LogP contribution in [0.1, 0.15) is 47.7 Å². The van der Waals surface area contributed by atoms with Gasteiger partial charge in [-0.25, -0.2) is 4.79 Å². The highest BCUT2D eigenvalue weighted by Crippen LogP contribution is 2.24. The van der Waals surface area contributed by atoms with Gasteiger partial charge < -0.3 is 10.2 Å². The molecule has 1 saturated heterocycles. The molecule has 2 rings (SSSR count). The van der Waals surface area contributed by atoms with Gasteiger partial charge in [0.15, 0.2) is 5.78 Å². The number of hydrogen-bond donors (Lipinski definition) is 1. The second-order valence-electron chi connectivity index (χ2n) is 6.18. The summed E-state index contributed by atoms with van der Waals surface area (Å²) in [5.74, 6) is 0.266. The van der Waals surface area contributed by atoms with Gasteiger partial charge >= 0.3 is 6.03 Å². The topological polar surface area (TPSA) is 49.4 Å². The van der Waals surface area contributed by atoms with Crippen LogP contribution in [0.3, 0.4) is 0 Å². The monoisotopic (exact) mass is 302 g/mol. The number of amides is 2. The van der Waals surface area contributed by atoms with Gasteiger partial charge in [-0.2, -0.15) is 0 Å². The molecule has 0 aromatic heterocycles. The Morgan fingerprint density at radius 1 is 1.23 bits per heavy atom. The summed E-state index contributed by atoms with van der Waals surface area (Å²) in [5, 5.41) is 2.90. The van der Waals surface area contributed by atoms with E-state index in [2.05, 4.69) is 11.4 Å². The van der Waals surface area contributed by atoms with Crippen molar-refractivity contribution in [3.63, 3.8) is 0 Å². The van der Waals surface area contributed by atoms with Crippen LogP contribution in [-0.2, 0) is 0 Å². The summed E-state index contributed by atoms with van der Waals surface area (Å²) in [7, 11) is 0. The number of hydrogen-bond acceptors (Lipinski definition) is 2. The van der Waals surface area contributed by atoms with E-state index in [9.17, 15) is 9.59 Å². The fraction of sp³-hybridized carbons (Fsp3) is 0.556. The fourth-order valence-electron chi connectivity index (χ4n) is 3.00. The van der Waals surface area contributed by atoms with Crippen molar-refractivity contribution in [1.29, 1.82) is 0 Å². The molecule has 0 atom stereocenters. The molecule has 0 bridgehead atoms. The number of likely N-dealkylation sites (tertiary alicyclic amines) is 1. The minimum Gasteiger partial charge on any atom is -0.338 e. The van der Waals surface area contributed by atoms with E-state index < -0.39 is 0 Å². The first-order valence-electron chi connectivity index (χ1n) is 8.17. The molecular formula is C18H26N2O2. The average Bonchev–Trinajstić information content (AvgIpc) is 2.52. The van der Waals surface area contributed by atoms with E-state index in [0.29, 0.717) is 19.6 Å². The number of ketones is 1. The largest absolute Gasteiger partial charge is 0.338 e. The van der Waals surface area contributed by atoms with Crippen molar-refractivity contribution in [2.45, 2.75) is 40.0 Å². The van der Waals surface area contributed by atoms with Crippen molar-refractivity contribution in [3.05, 3.63) is 34.9 Å². The maximum atomic E-state index is 12.7. The summed E-state index contributed by atoms with van der Waals surface area (Å²) >= 11 is 0. The number of carbonyl (C=O) groups excluding carboxylic acids is 2. The molecule has 1 aromatic rings. The molecule has 1 aliphatic heterocycles. The van der Waals surface area contributed by atoms with Crippen LogP contribution >= 0.6 is 0 Å². The Kier molecular flexibility index (Phi) is 5.58. The number of nitrogens with zero attached hydrogens (tertiary/aromatic N) is 1. The number of benzene rings is 1. The first kappa shape index (κ1) is 16.5. The Labute approximate surface area is 132 Å². The smallest absolute Gasteiger partial charge is 0.317 e. The second-order valence-corrected chi connectivity index (χ2v) is 6.18. The first-order chi connectivity index (χ1) is 10.5. The Morgan fingerprint density at radius 3 is 2.50 bits per heavy atom. The van der Waals surface area contributed by atoms with Crippen LogP contribution < -0.4 is 5.32 Å². The van der Waals surface area contributed by atoms with Crippen LogP contribution in [-0.4, -0.2) is 36.3 Å². The van der Waals surface area contributed by atoms with Crippen molar-refractivity contribution in [2.24, 2.45) is 5.92 Å². The van der Waals surface area contributed by atoms with Crippen molar-refractivity contribution < 1.29 is 9.59 Å². The SMILES string of the molecule is CCCNC(=O)N1CCC(C(=O)c2ccc(C)cc2C)CC1. The lowest BCUT2D eigenvalue weighted by molar-refractivity contribution is 0.0854. The number of piperidine rings is 1. The van der Waals surface area contributed by atoms with Gasteiger partial charge in [0.1, 0.15) is 0 Å². The van der Waals surface area contributed by atoms with Crippen molar-refractivity contribution >= 4 is 11.8 Å². The van der Waals surface area contributed by atoms with Gasteiger partial charge in [-0.05, 0) is 38.7 Å². The molecule has 2 amide bonds. The number of rotatable bonds is 4. The second kappa shape index (κ2) is 7.43. The van der Waals surface area contributed by atoms with Crippen LogP contribution in [0.25, 0.3) is 0 Å². The van der Waals surface area contributed by atoms with Gasteiger partial charge in [0.05, 0.1) is 0 Å². The van der Waals surface area contributed by atoms with E-state index in [1.807, 2.05) is 37.8 Å². The maximum Gasteiger partial charge on any atom is 0.317 e. The molecule has 1 N–H and O–H groups in total. The number of carbonyl (C=O) groups is 2. The number of aryl methyl sites for hydroxylation is 2. The van der Waals surface area contributed by atoms with Crippen LogP contribution in [0.2, 0.25) is 0 Å². The molecule has 1 fully saturated rings. The molecule has 0 spiro atoms. The Bertz CT molecular complexity index is 546. The molecule has 1 aliphatic rings. The van der Waals surface area contributed by atoms with Gasteiger partial charge in [0.25, 0.3) is 0 Å². The molecule has 0 radical (unpaired) electrons. The van der Waals surface area contributed by atoms with Crippen LogP contribution in [0.4, 0.5) is 4.79 Å². The normalized spacial score (nSPS) is 15.7. The van der Waals surface area contributed by atoms with E-state index in [1.165, 1.54) is 5.56 Å². The summed E-state index contributed by atoms with van der Waals surface area (Å²) in [6, 6.07) is 5.99. The summed E-state index contributed by atoms with van der Waals surface area (Å²) in [5.41, 5.74) is 3.06. The lowest BCUT2D eigenvalue weighted by atomic mass is 9.87. The van der Waals surface area contributed by atoms with Gasteiger partial charge in [-0.1, -0.05) is 30.7 Å². The predicted octanol–water partition coefficient (Wildman–Crippen LogP) is 3.32. The molecular weight excluding hydrogens is 276 g/mol. The van der Waals surface area contributed by atoms with E-state index in [4.69, 9.17) is 0 Å². The first-order valence-corrected chi connectivity index (χ1v) is 8.17. The number of Topliss-reactive ketones (excluding diaryl/α,β-unsaturated/α-hetero) is 1.